The molecular weight excluding hydrogens is 474 g/mol. The standard InChI is InChI=1S/C30H42ClNO4/c1-16(7-10-26-32-23-6-4-5-22(31)28(23)36-26)19-8-9-20-27-21(15-25(35)30(19,20)3)29(2)12-11-18(33)13-17(29)14-24(27)34/h4-6,16-21,24-25,27,33-35H,7-15H2,1-3H3/t16?,17-,18+,19+,20-,21-,24+,25-,27-,29-,30+/m0/s1. The van der Waals surface area contributed by atoms with Crippen LogP contribution in [0.1, 0.15) is 78.0 Å². The van der Waals surface area contributed by atoms with Gasteiger partial charge in [-0.3, -0.25) is 0 Å². The van der Waals surface area contributed by atoms with Crippen molar-refractivity contribution in [3.63, 3.8) is 0 Å². The van der Waals surface area contributed by atoms with Gasteiger partial charge in [-0.15, -0.1) is 0 Å². The van der Waals surface area contributed by atoms with E-state index in [1.54, 1.807) is 0 Å². The SMILES string of the molecule is CC(CCc1nc2cccc(Cl)c2o1)[C@H]1CC[C@H]2[C@@H]3[C@H](O)C[C@@H]4C[C@H](O)CC[C@]4(C)[C@H]3C[C@H](O)[C@]12C. The van der Waals surface area contributed by atoms with Gasteiger partial charge in [0.25, 0.3) is 0 Å². The number of aromatic nitrogens is 1. The van der Waals surface area contributed by atoms with Crippen LogP contribution < -0.4 is 0 Å². The zero-order valence-electron chi connectivity index (χ0n) is 21.9. The number of fused-ring (bicyclic) bond motifs is 6. The number of aryl methyl sites for hydroxylation is 1. The quantitative estimate of drug-likeness (QED) is 0.464. The minimum atomic E-state index is -0.351. The molecule has 4 saturated carbocycles. The van der Waals surface area contributed by atoms with Crippen LogP contribution in [0, 0.1) is 46.3 Å². The molecule has 1 heterocycles. The van der Waals surface area contributed by atoms with Crippen LogP contribution in [0.5, 0.6) is 0 Å². The van der Waals surface area contributed by atoms with Crippen LogP contribution in [-0.2, 0) is 6.42 Å². The van der Waals surface area contributed by atoms with E-state index in [-0.39, 0.29) is 35.1 Å². The fraction of sp³-hybridized carbons (Fsp3) is 0.767. The molecule has 1 aromatic heterocycles. The molecule has 11 atom stereocenters. The summed E-state index contributed by atoms with van der Waals surface area (Å²) in [4.78, 5) is 4.65. The third kappa shape index (κ3) is 3.71. The second-order valence-electron chi connectivity index (χ2n) is 13.2. The monoisotopic (exact) mass is 515 g/mol. The predicted octanol–water partition coefficient (Wildman–Crippen LogP) is 6.01. The number of aliphatic hydroxyl groups is 3. The maximum atomic E-state index is 11.8. The number of aliphatic hydroxyl groups excluding tert-OH is 3. The molecule has 1 aromatic carbocycles. The Morgan fingerprint density at radius 3 is 2.67 bits per heavy atom. The minimum absolute atomic E-state index is 0.114. The van der Waals surface area contributed by atoms with Crippen molar-refractivity contribution in [2.24, 2.45) is 46.3 Å². The molecule has 3 N–H and O–H groups in total. The Hall–Kier alpha value is -1.14. The molecule has 0 aliphatic heterocycles. The van der Waals surface area contributed by atoms with Crippen molar-refractivity contribution < 1.29 is 19.7 Å². The average molecular weight is 516 g/mol. The van der Waals surface area contributed by atoms with E-state index in [1.807, 2.05) is 18.2 Å². The molecule has 6 rings (SSSR count). The van der Waals surface area contributed by atoms with Crippen LogP contribution in [0.3, 0.4) is 0 Å². The minimum Gasteiger partial charge on any atom is -0.439 e. The van der Waals surface area contributed by atoms with Gasteiger partial charge in [0.2, 0.25) is 0 Å². The number of nitrogens with zero attached hydrogens (tertiary/aromatic N) is 1. The van der Waals surface area contributed by atoms with Crippen LogP contribution in [0.25, 0.3) is 11.1 Å². The van der Waals surface area contributed by atoms with Gasteiger partial charge < -0.3 is 19.7 Å². The number of para-hydroxylation sites is 1. The van der Waals surface area contributed by atoms with Crippen LogP contribution in [0.2, 0.25) is 5.02 Å². The van der Waals surface area contributed by atoms with E-state index in [1.165, 1.54) is 0 Å². The van der Waals surface area contributed by atoms with Gasteiger partial charge in [0.05, 0.1) is 23.3 Å². The van der Waals surface area contributed by atoms with Crippen molar-refractivity contribution in [1.82, 2.24) is 4.98 Å². The number of benzene rings is 1. The maximum Gasteiger partial charge on any atom is 0.195 e. The summed E-state index contributed by atoms with van der Waals surface area (Å²) in [6.07, 6.45) is 7.25. The third-order valence-corrected chi connectivity index (χ3v) is 12.0. The zero-order chi connectivity index (χ0) is 25.4. The van der Waals surface area contributed by atoms with Gasteiger partial charge in [0.15, 0.2) is 11.5 Å². The fourth-order valence-electron chi connectivity index (χ4n) is 9.75. The van der Waals surface area contributed by atoms with E-state index in [4.69, 9.17) is 16.0 Å². The van der Waals surface area contributed by atoms with Crippen LogP contribution in [0.4, 0.5) is 0 Å². The average Bonchev–Trinajstić information content (AvgIpc) is 3.42. The van der Waals surface area contributed by atoms with Gasteiger partial charge in [-0.1, -0.05) is 38.4 Å². The summed E-state index contributed by atoms with van der Waals surface area (Å²) >= 11 is 6.28. The Morgan fingerprint density at radius 1 is 1.08 bits per heavy atom. The third-order valence-electron chi connectivity index (χ3n) is 11.7. The first-order valence-corrected chi connectivity index (χ1v) is 14.6. The molecule has 4 fully saturated rings. The Labute approximate surface area is 219 Å². The van der Waals surface area contributed by atoms with Crippen molar-refractivity contribution in [2.75, 3.05) is 0 Å². The molecule has 0 spiro atoms. The van der Waals surface area contributed by atoms with Crippen molar-refractivity contribution in [3.8, 4) is 0 Å². The van der Waals surface area contributed by atoms with Gasteiger partial charge in [0.1, 0.15) is 5.52 Å². The molecule has 0 bridgehead atoms. The molecular formula is C30H42ClNO4. The van der Waals surface area contributed by atoms with E-state index in [2.05, 4.69) is 25.8 Å². The van der Waals surface area contributed by atoms with E-state index >= 15 is 0 Å². The summed E-state index contributed by atoms with van der Waals surface area (Å²) in [5, 5.41) is 34.2. The summed E-state index contributed by atoms with van der Waals surface area (Å²) in [7, 11) is 0. The number of hydrogen-bond acceptors (Lipinski definition) is 5. The summed E-state index contributed by atoms with van der Waals surface area (Å²) in [5.74, 6) is 2.87. The van der Waals surface area contributed by atoms with E-state index in [9.17, 15) is 15.3 Å². The lowest BCUT2D eigenvalue weighted by Crippen LogP contribution is -2.62. The summed E-state index contributed by atoms with van der Waals surface area (Å²) in [6.45, 7) is 7.03. The van der Waals surface area contributed by atoms with Gasteiger partial charge in [-0.05, 0) is 110 Å². The normalized spacial score (nSPS) is 45.2. The zero-order valence-corrected chi connectivity index (χ0v) is 22.6. The lowest BCUT2D eigenvalue weighted by Gasteiger charge is -2.63. The van der Waals surface area contributed by atoms with Gasteiger partial charge in [-0.25, -0.2) is 4.98 Å². The van der Waals surface area contributed by atoms with Crippen LogP contribution in [-0.4, -0.2) is 38.6 Å². The van der Waals surface area contributed by atoms with Gasteiger partial charge in [-0.2, -0.15) is 0 Å². The van der Waals surface area contributed by atoms with Crippen molar-refractivity contribution >= 4 is 22.7 Å². The number of rotatable bonds is 4. The van der Waals surface area contributed by atoms with Crippen molar-refractivity contribution in [2.45, 2.75) is 96.9 Å². The Morgan fingerprint density at radius 2 is 1.89 bits per heavy atom. The molecule has 36 heavy (non-hydrogen) atoms. The number of hydrogen-bond donors (Lipinski definition) is 3. The van der Waals surface area contributed by atoms with Crippen molar-refractivity contribution in [1.29, 1.82) is 0 Å². The molecule has 0 amide bonds. The Kier molecular flexibility index (Phi) is 6.26. The first kappa shape index (κ1) is 25.2. The largest absolute Gasteiger partial charge is 0.439 e. The molecule has 4 aliphatic carbocycles. The highest BCUT2D eigenvalue weighted by molar-refractivity contribution is 6.34. The lowest BCUT2D eigenvalue weighted by atomic mass is 9.43. The fourth-order valence-corrected chi connectivity index (χ4v) is 9.96. The Bertz CT molecular complexity index is 1120. The smallest absolute Gasteiger partial charge is 0.195 e. The van der Waals surface area contributed by atoms with E-state index in [0.717, 1.165) is 69.2 Å². The Balaban J connectivity index is 1.21. The van der Waals surface area contributed by atoms with Gasteiger partial charge in [0, 0.05) is 6.42 Å². The molecule has 0 saturated heterocycles. The summed E-state index contributed by atoms with van der Waals surface area (Å²) < 4.78 is 5.98. The predicted molar refractivity (Wildman–Crippen MR) is 141 cm³/mol. The lowest BCUT2D eigenvalue weighted by molar-refractivity contribution is -0.207. The second-order valence-corrected chi connectivity index (χ2v) is 13.6. The first-order valence-electron chi connectivity index (χ1n) is 14.2. The molecule has 198 valence electrons. The van der Waals surface area contributed by atoms with Gasteiger partial charge >= 0.3 is 0 Å². The topological polar surface area (TPSA) is 86.7 Å². The van der Waals surface area contributed by atoms with E-state index < -0.39 is 0 Å². The highest BCUT2D eigenvalue weighted by Gasteiger charge is 2.65. The summed E-state index contributed by atoms with van der Waals surface area (Å²) in [5.41, 5.74) is 1.41. The first-order chi connectivity index (χ1) is 17.1. The summed E-state index contributed by atoms with van der Waals surface area (Å²) in [6, 6.07) is 5.66. The van der Waals surface area contributed by atoms with Crippen molar-refractivity contribution in [3.05, 3.63) is 29.1 Å². The molecule has 5 nitrogen and oxygen atoms in total. The molecule has 2 aromatic rings. The molecule has 0 radical (unpaired) electrons. The van der Waals surface area contributed by atoms with E-state index in [0.29, 0.717) is 40.2 Å². The second kappa shape index (κ2) is 8.97. The number of halogens is 1. The molecule has 1 unspecified atom stereocenters. The molecule has 4 aliphatic rings. The highest BCUT2D eigenvalue weighted by atomic mass is 35.5. The number of oxazole rings is 1. The molecule has 6 heteroatoms. The van der Waals surface area contributed by atoms with Crippen LogP contribution in [0.15, 0.2) is 22.6 Å². The highest BCUT2D eigenvalue weighted by Crippen LogP contribution is 2.68. The van der Waals surface area contributed by atoms with Crippen LogP contribution >= 0.6 is 11.6 Å². The maximum absolute atomic E-state index is 11.8.